The second-order valence-corrected chi connectivity index (χ2v) is 5.33. The Morgan fingerprint density at radius 3 is 3.00 bits per heavy atom. The molecule has 1 aliphatic heterocycles. The number of methoxy groups -OCH3 is 1. The Kier molecular flexibility index (Phi) is 5.20. The van der Waals surface area contributed by atoms with Gasteiger partial charge in [-0.3, -0.25) is 0 Å². The van der Waals surface area contributed by atoms with Gasteiger partial charge in [-0.15, -0.1) is 0 Å². The van der Waals surface area contributed by atoms with Crippen molar-refractivity contribution in [2.45, 2.75) is 33.0 Å². The first-order valence-electron chi connectivity index (χ1n) is 7.09. The van der Waals surface area contributed by atoms with Crippen LogP contribution >= 0.6 is 0 Å². The highest BCUT2D eigenvalue weighted by Crippen LogP contribution is 2.21. The molecule has 5 nitrogen and oxygen atoms in total. The summed E-state index contributed by atoms with van der Waals surface area (Å²) in [5.74, 6) is 1.61. The zero-order valence-corrected chi connectivity index (χ0v) is 12.8. The fourth-order valence-corrected chi connectivity index (χ4v) is 2.15. The van der Waals surface area contributed by atoms with Crippen molar-refractivity contribution >= 4 is 5.82 Å². The summed E-state index contributed by atoms with van der Waals surface area (Å²) in [5, 5.41) is 0. The average molecular weight is 280 g/mol. The molecule has 1 aliphatic rings. The Morgan fingerprint density at radius 2 is 2.30 bits per heavy atom. The van der Waals surface area contributed by atoms with Crippen LogP contribution in [0.3, 0.4) is 0 Å². The van der Waals surface area contributed by atoms with Crippen molar-refractivity contribution in [3.63, 3.8) is 0 Å². The minimum atomic E-state index is 0.0594. The Hall–Kier alpha value is -1.33. The third kappa shape index (κ3) is 4.08. The summed E-state index contributed by atoms with van der Waals surface area (Å²) in [6.45, 7) is 9.10. The van der Waals surface area contributed by atoms with Crippen molar-refractivity contribution in [3.05, 3.63) is 17.7 Å². The molecule has 5 heteroatoms. The molecule has 1 fully saturated rings. The van der Waals surface area contributed by atoms with Crippen LogP contribution in [-0.2, 0) is 9.47 Å². The molecular weight excluding hydrogens is 256 g/mol. The van der Waals surface area contributed by atoms with Crippen LogP contribution in [0.5, 0.6) is 5.88 Å². The molecule has 0 N–H and O–H groups in total. The van der Waals surface area contributed by atoms with Crippen LogP contribution in [0.25, 0.3) is 0 Å². The Labute approximate surface area is 120 Å². The van der Waals surface area contributed by atoms with E-state index in [9.17, 15) is 0 Å². The standard InChI is InChI=1S/C15H24N2O3/c1-11-7-14(17-5-6-19-12(2)9-17)16-15(8-11)20-10-13(3)18-4/h7-8,12-13H,5-6,9-10H2,1-4H3/t12-,13+/m0/s1. The smallest absolute Gasteiger partial charge is 0.215 e. The second kappa shape index (κ2) is 6.90. The number of morpholine rings is 1. The lowest BCUT2D eigenvalue weighted by Gasteiger charge is -2.32. The summed E-state index contributed by atoms with van der Waals surface area (Å²) in [5.41, 5.74) is 1.15. The fourth-order valence-electron chi connectivity index (χ4n) is 2.15. The number of rotatable bonds is 5. The Balaban J connectivity index is 2.07. The van der Waals surface area contributed by atoms with Gasteiger partial charge in [0.15, 0.2) is 0 Å². The van der Waals surface area contributed by atoms with E-state index in [1.165, 1.54) is 0 Å². The van der Waals surface area contributed by atoms with Gasteiger partial charge in [-0.1, -0.05) is 0 Å². The van der Waals surface area contributed by atoms with E-state index in [0.29, 0.717) is 12.5 Å². The van der Waals surface area contributed by atoms with Gasteiger partial charge in [0.2, 0.25) is 5.88 Å². The molecule has 0 unspecified atom stereocenters. The monoisotopic (exact) mass is 280 g/mol. The van der Waals surface area contributed by atoms with E-state index in [-0.39, 0.29) is 12.2 Å². The van der Waals surface area contributed by atoms with Gasteiger partial charge in [0.05, 0.1) is 18.8 Å². The van der Waals surface area contributed by atoms with Gasteiger partial charge in [-0.05, 0) is 32.4 Å². The maximum atomic E-state index is 5.70. The topological polar surface area (TPSA) is 43.8 Å². The van der Waals surface area contributed by atoms with E-state index < -0.39 is 0 Å². The van der Waals surface area contributed by atoms with Crippen LogP contribution < -0.4 is 9.64 Å². The number of aromatic nitrogens is 1. The SMILES string of the molecule is CO[C@H](C)COc1cc(C)cc(N2CCO[C@@H](C)C2)n1. The lowest BCUT2D eigenvalue weighted by molar-refractivity contribution is 0.0527. The van der Waals surface area contributed by atoms with Gasteiger partial charge in [0.1, 0.15) is 12.4 Å². The number of hydrogen-bond acceptors (Lipinski definition) is 5. The molecular formula is C15H24N2O3. The predicted octanol–water partition coefficient (Wildman–Crippen LogP) is 2.03. The van der Waals surface area contributed by atoms with Crippen LogP contribution in [-0.4, -0.2) is 50.6 Å². The van der Waals surface area contributed by atoms with Crippen molar-refractivity contribution in [2.75, 3.05) is 38.3 Å². The maximum Gasteiger partial charge on any atom is 0.215 e. The first-order chi connectivity index (χ1) is 9.58. The number of hydrogen-bond donors (Lipinski definition) is 0. The van der Waals surface area contributed by atoms with Gasteiger partial charge in [0.25, 0.3) is 0 Å². The van der Waals surface area contributed by atoms with Crippen molar-refractivity contribution in [2.24, 2.45) is 0 Å². The quantitative estimate of drug-likeness (QED) is 0.825. The molecule has 112 valence electrons. The highest BCUT2D eigenvalue weighted by molar-refractivity contribution is 5.44. The fraction of sp³-hybridized carbons (Fsp3) is 0.667. The normalized spacial score (nSPS) is 20.8. The molecule has 1 aromatic rings. The average Bonchev–Trinajstić information content (AvgIpc) is 2.44. The number of pyridine rings is 1. The molecule has 2 heterocycles. The Bertz CT molecular complexity index is 439. The Morgan fingerprint density at radius 1 is 1.50 bits per heavy atom. The molecule has 0 aliphatic carbocycles. The molecule has 20 heavy (non-hydrogen) atoms. The molecule has 0 aromatic carbocycles. The molecule has 0 bridgehead atoms. The van der Waals surface area contributed by atoms with Crippen molar-refractivity contribution in [1.29, 1.82) is 0 Å². The number of nitrogens with zero attached hydrogens (tertiary/aromatic N) is 2. The third-order valence-corrected chi connectivity index (χ3v) is 3.37. The third-order valence-electron chi connectivity index (χ3n) is 3.37. The summed E-state index contributed by atoms with van der Waals surface area (Å²) < 4.78 is 16.5. The minimum Gasteiger partial charge on any atom is -0.475 e. The van der Waals surface area contributed by atoms with Crippen molar-refractivity contribution in [1.82, 2.24) is 4.98 Å². The summed E-state index contributed by atoms with van der Waals surface area (Å²) in [6.07, 6.45) is 0.299. The van der Waals surface area contributed by atoms with Crippen LogP contribution in [0.4, 0.5) is 5.82 Å². The van der Waals surface area contributed by atoms with Crippen LogP contribution in [0.1, 0.15) is 19.4 Å². The van der Waals surface area contributed by atoms with Crippen LogP contribution in [0.2, 0.25) is 0 Å². The highest BCUT2D eigenvalue weighted by Gasteiger charge is 2.18. The van der Waals surface area contributed by atoms with Crippen LogP contribution in [0, 0.1) is 6.92 Å². The molecule has 2 atom stereocenters. The van der Waals surface area contributed by atoms with Gasteiger partial charge >= 0.3 is 0 Å². The van der Waals surface area contributed by atoms with Gasteiger partial charge in [-0.2, -0.15) is 4.98 Å². The van der Waals surface area contributed by atoms with Gasteiger partial charge in [-0.25, -0.2) is 0 Å². The summed E-state index contributed by atoms with van der Waals surface area (Å²) >= 11 is 0. The predicted molar refractivity (Wildman–Crippen MR) is 78.6 cm³/mol. The molecule has 0 amide bonds. The molecule has 0 spiro atoms. The molecule has 2 rings (SSSR count). The van der Waals surface area contributed by atoms with Crippen molar-refractivity contribution < 1.29 is 14.2 Å². The van der Waals surface area contributed by atoms with E-state index in [2.05, 4.69) is 29.8 Å². The van der Waals surface area contributed by atoms with Gasteiger partial charge in [0, 0.05) is 26.3 Å². The number of aryl methyl sites for hydroxylation is 1. The van der Waals surface area contributed by atoms with E-state index in [1.807, 2.05) is 13.0 Å². The lowest BCUT2D eigenvalue weighted by atomic mass is 10.2. The van der Waals surface area contributed by atoms with Gasteiger partial charge < -0.3 is 19.1 Å². The molecule has 0 radical (unpaired) electrons. The van der Waals surface area contributed by atoms with E-state index in [4.69, 9.17) is 14.2 Å². The first-order valence-corrected chi connectivity index (χ1v) is 7.09. The van der Waals surface area contributed by atoms with E-state index >= 15 is 0 Å². The summed E-state index contributed by atoms with van der Waals surface area (Å²) in [4.78, 5) is 6.83. The van der Waals surface area contributed by atoms with Crippen molar-refractivity contribution in [3.8, 4) is 5.88 Å². The van der Waals surface area contributed by atoms with E-state index in [1.54, 1.807) is 7.11 Å². The number of anilines is 1. The zero-order valence-electron chi connectivity index (χ0n) is 12.8. The molecule has 1 aromatic heterocycles. The second-order valence-electron chi connectivity index (χ2n) is 5.33. The zero-order chi connectivity index (χ0) is 14.5. The first kappa shape index (κ1) is 15.1. The minimum absolute atomic E-state index is 0.0594. The molecule has 1 saturated heterocycles. The summed E-state index contributed by atoms with van der Waals surface area (Å²) in [6, 6.07) is 4.04. The molecule has 0 saturated carbocycles. The number of ether oxygens (including phenoxy) is 3. The largest absolute Gasteiger partial charge is 0.475 e. The summed E-state index contributed by atoms with van der Waals surface area (Å²) in [7, 11) is 1.68. The highest BCUT2D eigenvalue weighted by atomic mass is 16.5. The maximum absolute atomic E-state index is 5.70. The lowest BCUT2D eigenvalue weighted by Crippen LogP contribution is -2.41. The van der Waals surface area contributed by atoms with Crippen LogP contribution in [0.15, 0.2) is 12.1 Å². The van der Waals surface area contributed by atoms with E-state index in [0.717, 1.165) is 31.1 Å².